The van der Waals surface area contributed by atoms with Gasteiger partial charge in [-0.25, -0.2) is 4.39 Å². The maximum atomic E-state index is 13.7. The molecule has 1 fully saturated rings. The number of amides is 1. The minimum atomic E-state index is -0.261. The highest BCUT2D eigenvalue weighted by Crippen LogP contribution is 2.29. The van der Waals surface area contributed by atoms with Crippen LogP contribution in [0.25, 0.3) is 0 Å². The van der Waals surface area contributed by atoms with E-state index in [0.717, 1.165) is 18.4 Å². The summed E-state index contributed by atoms with van der Waals surface area (Å²) < 4.78 is 19.1. The number of rotatable bonds is 6. The van der Waals surface area contributed by atoms with Crippen molar-refractivity contribution in [1.29, 1.82) is 0 Å². The first-order chi connectivity index (χ1) is 12.2. The van der Waals surface area contributed by atoms with Crippen molar-refractivity contribution in [2.24, 2.45) is 5.92 Å². The molecule has 1 saturated heterocycles. The zero-order chi connectivity index (χ0) is 17.5. The summed E-state index contributed by atoms with van der Waals surface area (Å²) in [6, 6.07) is 10.4. The van der Waals surface area contributed by atoms with E-state index in [1.54, 1.807) is 30.6 Å². The fourth-order valence-electron chi connectivity index (χ4n) is 3.28. The van der Waals surface area contributed by atoms with Crippen LogP contribution in [0.3, 0.4) is 0 Å². The van der Waals surface area contributed by atoms with Gasteiger partial charge in [-0.05, 0) is 48.4 Å². The van der Waals surface area contributed by atoms with Gasteiger partial charge in [-0.15, -0.1) is 0 Å². The molecular weight excluding hydrogens is 319 g/mol. The maximum Gasteiger partial charge on any atom is 0.220 e. The Morgan fingerprint density at radius 3 is 2.76 bits per heavy atom. The van der Waals surface area contributed by atoms with Crippen molar-refractivity contribution >= 4 is 5.91 Å². The number of aromatic nitrogens is 1. The molecule has 4 nitrogen and oxygen atoms in total. The lowest BCUT2D eigenvalue weighted by Crippen LogP contribution is -2.36. The average molecular weight is 342 g/mol. The number of aryl methyl sites for hydroxylation is 1. The summed E-state index contributed by atoms with van der Waals surface area (Å²) in [6.07, 6.45) is 6.01. The van der Waals surface area contributed by atoms with Gasteiger partial charge in [0, 0.05) is 32.0 Å². The summed E-state index contributed by atoms with van der Waals surface area (Å²) >= 11 is 0. The Kier molecular flexibility index (Phi) is 6.12. The number of ether oxygens (including phenoxy) is 1. The fraction of sp³-hybridized carbons (Fsp3) is 0.400. The molecule has 1 atom stereocenters. The van der Waals surface area contributed by atoms with E-state index < -0.39 is 0 Å². The van der Waals surface area contributed by atoms with Crippen LogP contribution in [0.2, 0.25) is 0 Å². The first-order valence-corrected chi connectivity index (χ1v) is 8.74. The summed E-state index contributed by atoms with van der Waals surface area (Å²) in [5.41, 5.74) is 1.58. The average Bonchev–Trinajstić information content (AvgIpc) is 2.67. The molecule has 25 heavy (non-hydrogen) atoms. The highest BCUT2D eigenvalue weighted by atomic mass is 19.1. The molecule has 1 aromatic heterocycles. The van der Waals surface area contributed by atoms with E-state index in [0.29, 0.717) is 31.1 Å². The summed E-state index contributed by atoms with van der Waals surface area (Å²) in [7, 11) is 0. The Bertz CT molecular complexity index is 687. The number of hydrogen-bond donors (Lipinski definition) is 1. The number of benzene rings is 1. The SMILES string of the molecule is O=C(CCc1ccccc1F)NC(c1cccnc1)C1CCOCC1. The minimum absolute atomic E-state index is 0.0661. The second-order valence-corrected chi connectivity index (χ2v) is 6.37. The van der Waals surface area contributed by atoms with Crippen molar-refractivity contribution in [2.75, 3.05) is 13.2 Å². The third kappa shape index (κ3) is 4.86. The van der Waals surface area contributed by atoms with E-state index in [1.807, 2.05) is 12.1 Å². The van der Waals surface area contributed by atoms with E-state index in [1.165, 1.54) is 6.07 Å². The molecule has 0 aliphatic carbocycles. The van der Waals surface area contributed by atoms with Gasteiger partial charge < -0.3 is 10.1 Å². The van der Waals surface area contributed by atoms with Crippen LogP contribution in [-0.4, -0.2) is 24.1 Å². The standard InChI is InChI=1S/C20H23FN2O2/c21-18-6-2-1-4-15(18)7-8-19(24)23-20(16-9-12-25-13-10-16)17-5-3-11-22-14-17/h1-6,11,14,16,20H,7-10,12-13H2,(H,23,24). The second-order valence-electron chi connectivity index (χ2n) is 6.37. The first kappa shape index (κ1) is 17.5. The zero-order valence-electron chi connectivity index (χ0n) is 14.2. The maximum absolute atomic E-state index is 13.7. The van der Waals surface area contributed by atoms with Crippen LogP contribution in [0.15, 0.2) is 48.8 Å². The highest BCUT2D eigenvalue weighted by Gasteiger charge is 2.27. The molecule has 1 aliphatic heterocycles. The number of nitrogens with zero attached hydrogens (tertiary/aromatic N) is 1. The van der Waals surface area contributed by atoms with Gasteiger partial charge >= 0.3 is 0 Å². The van der Waals surface area contributed by atoms with E-state index in [2.05, 4.69) is 10.3 Å². The lowest BCUT2D eigenvalue weighted by Gasteiger charge is -2.31. The first-order valence-electron chi connectivity index (χ1n) is 8.74. The number of hydrogen-bond acceptors (Lipinski definition) is 3. The summed E-state index contributed by atoms with van der Waals surface area (Å²) in [5.74, 6) is 0.00231. The van der Waals surface area contributed by atoms with E-state index in [-0.39, 0.29) is 24.2 Å². The Morgan fingerprint density at radius 1 is 1.24 bits per heavy atom. The van der Waals surface area contributed by atoms with Crippen molar-refractivity contribution in [1.82, 2.24) is 10.3 Å². The molecule has 2 heterocycles. The van der Waals surface area contributed by atoms with Gasteiger partial charge in [-0.2, -0.15) is 0 Å². The predicted molar refractivity (Wildman–Crippen MR) is 93.4 cm³/mol. The van der Waals surface area contributed by atoms with Crippen LogP contribution in [-0.2, 0) is 16.0 Å². The number of pyridine rings is 1. The molecule has 0 saturated carbocycles. The van der Waals surface area contributed by atoms with E-state index in [4.69, 9.17) is 4.74 Å². The molecule has 0 bridgehead atoms. The van der Waals surface area contributed by atoms with Gasteiger partial charge in [-0.1, -0.05) is 24.3 Å². The normalized spacial score (nSPS) is 16.4. The molecule has 2 aromatic rings. The number of carbonyl (C=O) groups is 1. The smallest absolute Gasteiger partial charge is 0.220 e. The van der Waals surface area contributed by atoms with Crippen molar-refractivity contribution in [3.8, 4) is 0 Å². The van der Waals surface area contributed by atoms with Crippen LogP contribution in [0, 0.1) is 11.7 Å². The van der Waals surface area contributed by atoms with Crippen molar-refractivity contribution in [2.45, 2.75) is 31.7 Å². The molecule has 1 N–H and O–H groups in total. The van der Waals surface area contributed by atoms with Gasteiger partial charge in [-0.3, -0.25) is 9.78 Å². The second kappa shape index (κ2) is 8.72. The van der Waals surface area contributed by atoms with Crippen molar-refractivity contribution in [3.05, 3.63) is 65.7 Å². The van der Waals surface area contributed by atoms with Crippen LogP contribution >= 0.6 is 0 Å². The Morgan fingerprint density at radius 2 is 2.04 bits per heavy atom. The molecule has 1 aromatic carbocycles. The molecule has 0 radical (unpaired) electrons. The van der Waals surface area contributed by atoms with E-state index in [9.17, 15) is 9.18 Å². The summed E-state index contributed by atoms with van der Waals surface area (Å²) in [6.45, 7) is 1.43. The lowest BCUT2D eigenvalue weighted by atomic mass is 9.87. The Balaban J connectivity index is 1.65. The Hall–Kier alpha value is -2.27. The highest BCUT2D eigenvalue weighted by molar-refractivity contribution is 5.76. The monoisotopic (exact) mass is 342 g/mol. The number of carbonyl (C=O) groups excluding carboxylic acids is 1. The van der Waals surface area contributed by atoms with Crippen molar-refractivity contribution in [3.63, 3.8) is 0 Å². The molecule has 132 valence electrons. The third-order valence-corrected chi connectivity index (χ3v) is 4.68. The molecule has 3 rings (SSSR count). The van der Waals surface area contributed by atoms with Gasteiger partial charge in [0.1, 0.15) is 5.82 Å². The quantitative estimate of drug-likeness (QED) is 0.875. The molecule has 1 aliphatic rings. The minimum Gasteiger partial charge on any atom is -0.381 e. The third-order valence-electron chi connectivity index (χ3n) is 4.68. The molecule has 1 amide bonds. The number of halogens is 1. The largest absolute Gasteiger partial charge is 0.381 e. The summed E-state index contributed by atoms with van der Waals surface area (Å²) in [4.78, 5) is 16.6. The van der Waals surface area contributed by atoms with Crippen LogP contribution in [0.1, 0.15) is 36.4 Å². The molecular formula is C20H23FN2O2. The van der Waals surface area contributed by atoms with Crippen LogP contribution in [0.4, 0.5) is 4.39 Å². The Labute approximate surface area is 147 Å². The predicted octanol–water partition coefficient (Wildman–Crippen LogP) is 3.44. The van der Waals surface area contributed by atoms with Gasteiger partial charge in [0.25, 0.3) is 0 Å². The molecule has 5 heteroatoms. The topological polar surface area (TPSA) is 51.2 Å². The van der Waals surface area contributed by atoms with E-state index >= 15 is 0 Å². The molecule has 0 spiro atoms. The van der Waals surface area contributed by atoms with Crippen LogP contribution in [0.5, 0.6) is 0 Å². The fourth-order valence-corrected chi connectivity index (χ4v) is 3.28. The van der Waals surface area contributed by atoms with Gasteiger partial charge in [0.05, 0.1) is 6.04 Å². The van der Waals surface area contributed by atoms with Gasteiger partial charge in [0.15, 0.2) is 0 Å². The zero-order valence-corrected chi connectivity index (χ0v) is 14.2. The molecule has 1 unspecified atom stereocenters. The number of nitrogens with one attached hydrogen (secondary N) is 1. The lowest BCUT2D eigenvalue weighted by molar-refractivity contribution is -0.122. The summed E-state index contributed by atoms with van der Waals surface area (Å²) in [5, 5.41) is 3.14. The van der Waals surface area contributed by atoms with Crippen molar-refractivity contribution < 1.29 is 13.9 Å². The van der Waals surface area contributed by atoms with Crippen LogP contribution < -0.4 is 5.32 Å². The van der Waals surface area contributed by atoms with Gasteiger partial charge in [0.2, 0.25) is 5.91 Å².